The third-order valence-corrected chi connectivity index (χ3v) is 5.87. The van der Waals surface area contributed by atoms with Gasteiger partial charge in [0.15, 0.2) is 0 Å². The van der Waals surface area contributed by atoms with E-state index in [-0.39, 0.29) is 6.54 Å². The Bertz CT molecular complexity index is 1340. The number of alkyl halides is 3. The molecule has 7 heteroatoms. The van der Waals surface area contributed by atoms with E-state index in [0.717, 1.165) is 48.9 Å². The van der Waals surface area contributed by atoms with E-state index in [9.17, 15) is 22.4 Å². The minimum absolute atomic E-state index is 0.0673. The summed E-state index contributed by atoms with van der Waals surface area (Å²) in [7, 11) is 0. The van der Waals surface area contributed by atoms with Crippen LogP contribution in [0.15, 0.2) is 48.5 Å². The number of nitrogens with zero attached hydrogens (tertiary/aromatic N) is 1. The number of aromatic nitrogens is 1. The van der Waals surface area contributed by atoms with Gasteiger partial charge >= 0.3 is 6.18 Å². The van der Waals surface area contributed by atoms with Crippen LogP contribution in [-0.2, 0) is 19.1 Å². The summed E-state index contributed by atoms with van der Waals surface area (Å²) < 4.78 is 55.4. The fraction of sp³-hybridized carbons (Fsp3) is 0.269. The van der Waals surface area contributed by atoms with Crippen LogP contribution < -0.4 is 5.73 Å². The molecule has 2 N–H and O–H groups in total. The van der Waals surface area contributed by atoms with Crippen LogP contribution in [0.2, 0.25) is 0 Å². The fourth-order valence-corrected chi connectivity index (χ4v) is 4.27. The zero-order chi connectivity index (χ0) is 23.8. The molecular weight excluding hydrogens is 432 g/mol. The van der Waals surface area contributed by atoms with E-state index in [1.54, 1.807) is 18.2 Å². The van der Waals surface area contributed by atoms with Gasteiger partial charge in [0, 0.05) is 22.9 Å². The van der Waals surface area contributed by atoms with E-state index < -0.39 is 23.5 Å². The van der Waals surface area contributed by atoms with Crippen LogP contribution in [0, 0.1) is 11.9 Å². The highest BCUT2D eigenvalue weighted by Crippen LogP contribution is 2.35. The normalized spacial score (nSPS) is 12.0. The van der Waals surface area contributed by atoms with Gasteiger partial charge in [-0.2, -0.15) is 13.2 Å². The van der Waals surface area contributed by atoms with Gasteiger partial charge in [-0.05, 0) is 60.4 Å². The van der Waals surface area contributed by atoms with Gasteiger partial charge in [-0.25, -0.2) is 4.39 Å². The fourth-order valence-electron chi connectivity index (χ4n) is 4.27. The maximum atomic E-state index is 13.8. The molecule has 0 spiro atoms. The first kappa shape index (κ1) is 22.8. The molecule has 33 heavy (non-hydrogen) atoms. The average Bonchev–Trinajstić information content (AvgIpc) is 3.07. The minimum atomic E-state index is -4.79. The van der Waals surface area contributed by atoms with Gasteiger partial charge in [0.25, 0.3) is 0 Å². The highest BCUT2D eigenvalue weighted by molar-refractivity contribution is 6.17. The Kier molecular flexibility index (Phi) is 6.15. The van der Waals surface area contributed by atoms with Crippen molar-refractivity contribution in [2.75, 3.05) is 0 Å². The Labute approximate surface area is 188 Å². The standard InChI is InChI=1S/C26H23F4N2O/c1-2-3-4-6-16-9-11-18-23(14-16)32(22-8-5-7-19(24(18)22)25(31)33)15-17-10-12-21(27)20(13-17)26(28,29)30/h5,7-10,12-14H,2-4,6,15H2,1H3,(H2,31,33). The van der Waals surface area contributed by atoms with Gasteiger partial charge in [-0.1, -0.05) is 38.0 Å². The monoisotopic (exact) mass is 455 g/mol. The van der Waals surface area contributed by atoms with Crippen molar-refractivity contribution in [3.05, 3.63) is 82.7 Å². The molecule has 1 amide bonds. The van der Waals surface area contributed by atoms with Gasteiger partial charge in [-0.15, -0.1) is 0 Å². The molecule has 0 unspecified atom stereocenters. The van der Waals surface area contributed by atoms with Crippen molar-refractivity contribution in [1.29, 1.82) is 0 Å². The molecular formula is C26H23F4N2O. The van der Waals surface area contributed by atoms with Crippen LogP contribution >= 0.6 is 0 Å². The number of amides is 1. The van der Waals surface area contributed by atoms with E-state index in [2.05, 4.69) is 13.0 Å². The molecule has 3 nitrogen and oxygen atoms in total. The van der Waals surface area contributed by atoms with Crippen molar-refractivity contribution >= 4 is 27.7 Å². The lowest BCUT2D eigenvalue weighted by Crippen LogP contribution is -2.11. The lowest BCUT2D eigenvalue weighted by Gasteiger charge is -2.13. The van der Waals surface area contributed by atoms with Gasteiger partial charge < -0.3 is 10.3 Å². The number of unbranched alkanes of at least 4 members (excludes halogenated alkanes) is 2. The number of aryl methyl sites for hydroxylation is 1. The van der Waals surface area contributed by atoms with E-state index in [1.165, 1.54) is 6.07 Å². The molecule has 4 rings (SSSR count). The Balaban J connectivity index is 1.91. The molecule has 4 aromatic rings. The Hall–Kier alpha value is -3.35. The summed E-state index contributed by atoms with van der Waals surface area (Å²) in [6.45, 7) is 2.19. The molecule has 0 saturated carbocycles. The van der Waals surface area contributed by atoms with Crippen molar-refractivity contribution in [2.45, 2.75) is 45.3 Å². The molecule has 1 aromatic heterocycles. The lowest BCUT2D eigenvalue weighted by molar-refractivity contribution is -0.140. The molecule has 1 heterocycles. The summed E-state index contributed by atoms with van der Waals surface area (Å²) in [4.78, 5) is 12.1. The van der Waals surface area contributed by atoms with E-state index >= 15 is 0 Å². The molecule has 1 radical (unpaired) electrons. The van der Waals surface area contributed by atoms with Gasteiger partial charge in [-0.3, -0.25) is 4.79 Å². The summed E-state index contributed by atoms with van der Waals surface area (Å²) >= 11 is 0. The number of benzene rings is 3. The molecule has 0 aliphatic carbocycles. The predicted molar refractivity (Wildman–Crippen MR) is 121 cm³/mol. The minimum Gasteiger partial charge on any atom is -0.366 e. The summed E-state index contributed by atoms with van der Waals surface area (Å²) in [6, 6.07) is 15.3. The quantitative estimate of drug-likeness (QED) is 0.247. The Morgan fingerprint density at radius 2 is 1.85 bits per heavy atom. The average molecular weight is 455 g/mol. The predicted octanol–water partition coefficient (Wildman–Crippen LogP) is 6.63. The third-order valence-electron chi connectivity index (χ3n) is 5.87. The van der Waals surface area contributed by atoms with Gasteiger partial charge in [0.2, 0.25) is 5.91 Å². The number of hydrogen-bond donors (Lipinski definition) is 1. The van der Waals surface area contributed by atoms with E-state index in [0.29, 0.717) is 27.4 Å². The van der Waals surface area contributed by atoms with Crippen LogP contribution in [-0.4, -0.2) is 10.5 Å². The zero-order valence-electron chi connectivity index (χ0n) is 18.1. The second kappa shape index (κ2) is 8.89. The smallest absolute Gasteiger partial charge is 0.366 e. The van der Waals surface area contributed by atoms with Crippen molar-refractivity contribution in [3.8, 4) is 0 Å². The van der Waals surface area contributed by atoms with Crippen molar-refractivity contribution in [2.24, 2.45) is 5.73 Å². The molecule has 0 aliphatic rings. The zero-order valence-corrected chi connectivity index (χ0v) is 18.1. The second-order valence-corrected chi connectivity index (χ2v) is 8.19. The maximum Gasteiger partial charge on any atom is 0.419 e. The number of primary amides is 1. The number of rotatable bonds is 7. The highest BCUT2D eigenvalue weighted by Gasteiger charge is 2.34. The van der Waals surface area contributed by atoms with E-state index in [4.69, 9.17) is 5.73 Å². The van der Waals surface area contributed by atoms with Crippen LogP contribution in [0.25, 0.3) is 21.8 Å². The Morgan fingerprint density at radius 1 is 1.06 bits per heavy atom. The number of nitrogens with two attached hydrogens (primary N) is 1. The van der Waals surface area contributed by atoms with Crippen molar-refractivity contribution < 1.29 is 22.4 Å². The van der Waals surface area contributed by atoms with Crippen LogP contribution in [0.5, 0.6) is 0 Å². The molecule has 171 valence electrons. The maximum absolute atomic E-state index is 13.8. The first-order chi connectivity index (χ1) is 15.7. The van der Waals surface area contributed by atoms with E-state index in [1.807, 2.05) is 16.7 Å². The Morgan fingerprint density at radius 3 is 2.55 bits per heavy atom. The molecule has 0 aliphatic heterocycles. The number of carbonyl (C=O) groups excluding carboxylic acids is 1. The van der Waals surface area contributed by atoms with Crippen molar-refractivity contribution in [3.63, 3.8) is 0 Å². The molecule has 3 aromatic carbocycles. The largest absolute Gasteiger partial charge is 0.419 e. The van der Waals surface area contributed by atoms with Crippen molar-refractivity contribution in [1.82, 2.24) is 4.57 Å². The highest BCUT2D eigenvalue weighted by atomic mass is 19.4. The summed E-state index contributed by atoms with van der Waals surface area (Å²) in [6.07, 6.45) is -0.766. The number of fused-ring (bicyclic) bond motifs is 3. The molecule has 0 saturated heterocycles. The first-order valence-corrected chi connectivity index (χ1v) is 10.8. The number of hydrogen-bond acceptors (Lipinski definition) is 1. The molecule has 0 fully saturated rings. The molecule has 0 atom stereocenters. The second-order valence-electron chi connectivity index (χ2n) is 8.19. The van der Waals surface area contributed by atoms with Crippen LogP contribution in [0.3, 0.4) is 0 Å². The van der Waals surface area contributed by atoms with Crippen LogP contribution in [0.1, 0.15) is 53.2 Å². The SMILES string of the molecule is CCCCCc1c[c]c2c3c(C(N)=O)cccc3n(Cc3ccc(F)c(C(F)(F)F)c3)c2c1. The summed E-state index contributed by atoms with van der Waals surface area (Å²) in [5.41, 5.74) is 7.36. The van der Waals surface area contributed by atoms with Gasteiger partial charge in [0.1, 0.15) is 5.82 Å². The summed E-state index contributed by atoms with van der Waals surface area (Å²) in [5.74, 6) is -1.91. The number of carbonyl (C=O) groups is 1. The van der Waals surface area contributed by atoms with Crippen LogP contribution in [0.4, 0.5) is 17.6 Å². The molecule has 0 bridgehead atoms. The van der Waals surface area contributed by atoms with Gasteiger partial charge in [0.05, 0.1) is 16.6 Å². The lowest BCUT2D eigenvalue weighted by atomic mass is 10.0. The number of halogens is 4. The first-order valence-electron chi connectivity index (χ1n) is 10.8. The summed E-state index contributed by atoms with van der Waals surface area (Å²) in [5, 5.41) is 1.29. The third kappa shape index (κ3) is 4.45. The topological polar surface area (TPSA) is 48.0 Å².